The molecule has 0 aliphatic carbocycles. The third kappa shape index (κ3) is 4.11. The zero-order valence-electron chi connectivity index (χ0n) is 16.1. The van der Waals surface area contributed by atoms with Gasteiger partial charge in [0.2, 0.25) is 5.91 Å². The summed E-state index contributed by atoms with van der Waals surface area (Å²) >= 11 is 0. The van der Waals surface area contributed by atoms with E-state index in [1.54, 1.807) is 0 Å². The van der Waals surface area contributed by atoms with Crippen molar-refractivity contribution in [2.45, 2.75) is 38.4 Å². The predicted molar refractivity (Wildman–Crippen MR) is 104 cm³/mol. The van der Waals surface area contributed by atoms with Crippen LogP contribution in [0.1, 0.15) is 30.4 Å². The molecule has 142 valence electrons. The van der Waals surface area contributed by atoms with Crippen molar-refractivity contribution >= 4 is 5.91 Å². The SMILES string of the molecule is CN1CCN(C2CCN(C(=O)CCCN3Cc4ccccc4C3)C2)CC1. The Morgan fingerprint density at radius 3 is 2.42 bits per heavy atom. The molecule has 2 saturated heterocycles. The zero-order chi connectivity index (χ0) is 17.9. The number of nitrogens with zero attached hydrogens (tertiary/aromatic N) is 4. The molecule has 0 aromatic heterocycles. The lowest BCUT2D eigenvalue weighted by Crippen LogP contribution is -2.50. The second-order valence-corrected chi connectivity index (χ2v) is 8.20. The number of carbonyl (C=O) groups excluding carboxylic acids is 1. The molecule has 0 spiro atoms. The van der Waals surface area contributed by atoms with Crippen LogP contribution in [-0.4, -0.2) is 84.4 Å². The molecule has 1 unspecified atom stereocenters. The molecule has 0 N–H and O–H groups in total. The summed E-state index contributed by atoms with van der Waals surface area (Å²) in [4.78, 5) is 22.2. The van der Waals surface area contributed by atoms with Gasteiger partial charge in [0.05, 0.1) is 0 Å². The lowest BCUT2D eigenvalue weighted by Gasteiger charge is -2.36. The van der Waals surface area contributed by atoms with Gasteiger partial charge in [-0.05, 0) is 37.6 Å². The van der Waals surface area contributed by atoms with Gasteiger partial charge in [-0.15, -0.1) is 0 Å². The summed E-state index contributed by atoms with van der Waals surface area (Å²) in [6.45, 7) is 9.61. The highest BCUT2D eigenvalue weighted by Gasteiger charge is 2.31. The number of likely N-dealkylation sites (N-methyl/N-ethyl adjacent to an activating group) is 1. The maximum absolute atomic E-state index is 12.6. The maximum Gasteiger partial charge on any atom is 0.222 e. The zero-order valence-corrected chi connectivity index (χ0v) is 16.1. The molecule has 3 heterocycles. The summed E-state index contributed by atoms with van der Waals surface area (Å²) in [6.07, 6.45) is 2.82. The molecule has 1 atom stereocenters. The van der Waals surface area contributed by atoms with Crippen LogP contribution in [0.2, 0.25) is 0 Å². The van der Waals surface area contributed by atoms with Crippen molar-refractivity contribution < 1.29 is 4.79 Å². The molecule has 5 nitrogen and oxygen atoms in total. The van der Waals surface area contributed by atoms with Gasteiger partial charge in [-0.3, -0.25) is 14.6 Å². The summed E-state index contributed by atoms with van der Waals surface area (Å²) in [7, 11) is 2.20. The van der Waals surface area contributed by atoms with Crippen LogP contribution in [0.4, 0.5) is 0 Å². The lowest BCUT2D eigenvalue weighted by molar-refractivity contribution is -0.130. The maximum atomic E-state index is 12.6. The van der Waals surface area contributed by atoms with Gasteiger partial charge in [-0.2, -0.15) is 0 Å². The van der Waals surface area contributed by atoms with Gasteiger partial charge in [0, 0.05) is 64.8 Å². The highest BCUT2D eigenvalue weighted by Crippen LogP contribution is 2.23. The predicted octanol–water partition coefficient (Wildman–Crippen LogP) is 1.63. The van der Waals surface area contributed by atoms with Crippen molar-refractivity contribution in [3.63, 3.8) is 0 Å². The van der Waals surface area contributed by atoms with E-state index < -0.39 is 0 Å². The summed E-state index contributed by atoms with van der Waals surface area (Å²) in [6, 6.07) is 9.28. The first-order chi connectivity index (χ1) is 12.7. The van der Waals surface area contributed by atoms with E-state index in [0.717, 1.165) is 71.7 Å². The molecule has 0 saturated carbocycles. The molecular weight excluding hydrogens is 324 g/mol. The molecule has 4 rings (SSSR count). The van der Waals surface area contributed by atoms with Crippen LogP contribution in [0.15, 0.2) is 24.3 Å². The van der Waals surface area contributed by atoms with Crippen LogP contribution in [0.5, 0.6) is 0 Å². The summed E-state index contributed by atoms with van der Waals surface area (Å²) < 4.78 is 0. The van der Waals surface area contributed by atoms with Crippen molar-refractivity contribution in [1.29, 1.82) is 0 Å². The number of likely N-dealkylation sites (tertiary alicyclic amines) is 1. The van der Waals surface area contributed by atoms with E-state index in [1.165, 1.54) is 11.1 Å². The van der Waals surface area contributed by atoms with E-state index in [0.29, 0.717) is 18.4 Å². The number of benzene rings is 1. The van der Waals surface area contributed by atoms with Gasteiger partial charge in [-0.1, -0.05) is 24.3 Å². The minimum Gasteiger partial charge on any atom is -0.341 e. The Balaban J connectivity index is 1.17. The van der Waals surface area contributed by atoms with Gasteiger partial charge in [-0.25, -0.2) is 0 Å². The number of rotatable bonds is 5. The molecule has 5 heteroatoms. The first-order valence-corrected chi connectivity index (χ1v) is 10.2. The third-order valence-electron chi connectivity index (χ3n) is 6.34. The quantitative estimate of drug-likeness (QED) is 0.802. The summed E-state index contributed by atoms with van der Waals surface area (Å²) in [5, 5.41) is 0. The van der Waals surface area contributed by atoms with Crippen molar-refractivity contribution in [2.24, 2.45) is 0 Å². The molecule has 0 radical (unpaired) electrons. The molecule has 26 heavy (non-hydrogen) atoms. The van der Waals surface area contributed by atoms with E-state index in [-0.39, 0.29) is 0 Å². The molecule has 1 aromatic rings. The van der Waals surface area contributed by atoms with Crippen LogP contribution in [-0.2, 0) is 17.9 Å². The smallest absolute Gasteiger partial charge is 0.222 e. The molecule has 1 aromatic carbocycles. The minimum absolute atomic E-state index is 0.360. The second-order valence-electron chi connectivity index (χ2n) is 8.20. The topological polar surface area (TPSA) is 30.0 Å². The number of carbonyl (C=O) groups is 1. The number of fused-ring (bicyclic) bond motifs is 1. The number of piperazine rings is 1. The van der Waals surface area contributed by atoms with E-state index in [1.807, 2.05) is 0 Å². The van der Waals surface area contributed by atoms with E-state index in [2.05, 4.69) is 50.9 Å². The number of hydrogen-bond acceptors (Lipinski definition) is 4. The van der Waals surface area contributed by atoms with Gasteiger partial charge < -0.3 is 9.80 Å². The second kappa shape index (κ2) is 8.07. The number of hydrogen-bond donors (Lipinski definition) is 0. The third-order valence-corrected chi connectivity index (χ3v) is 6.34. The van der Waals surface area contributed by atoms with Crippen molar-refractivity contribution in [3.05, 3.63) is 35.4 Å². The Kier molecular flexibility index (Phi) is 5.57. The van der Waals surface area contributed by atoms with Crippen molar-refractivity contribution in [2.75, 3.05) is 52.9 Å². The Bertz CT molecular complexity index is 601. The molecule has 3 aliphatic rings. The van der Waals surface area contributed by atoms with Gasteiger partial charge in [0.1, 0.15) is 0 Å². The van der Waals surface area contributed by atoms with Gasteiger partial charge in [0.15, 0.2) is 0 Å². The van der Waals surface area contributed by atoms with Gasteiger partial charge >= 0.3 is 0 Å². The fourth-order valence-corrected chi connectivity index (χ4v) is 4.63. The van der Waals surface area contributed by atoms with Crippen molar-refractivity contribution in [1.82, 2.24) is 19.6 Å². The van der Waals surface area contributed by atoms with Crippen LogP contribution in [0.25, 0.3) is 0 Å². The first-order valence-electron chi connectivity index (χ1n) is 10.2. The Labute approximate surface area is 157 Å². The largest absolute Gasteiger partial charge is 0.341 e. The molecule has 3 aliphatic heterocycles. The van der Waals surface area contributed by atoms with Crippen molar-refractivity contribution in [3.8, 4) is 0 Å². The minimum atomic E-state index is 0.360. The Morgan fingerprint density at radius 2 is 1.73 bits per heavy atom. The lowest BCUT2D eigenvalue weighted by atomic mass is 10.1. The average Bonchev–Trinajstić information content (AvgIpc) is 3.29. The first kappa shape index (κ1) is 18.0. The van der Waals surface area contributed by atoms with E-state index in [4.69, 9.17) is 0 Å². The highest BCUT2D eigenvalue weighted by atomic mass is 16.2. The summed E-state index contributed by atoms with van der Waals surface area (Å²) in [5.41, 5.74) is 2.90. The average molecular weight is 357 g/mol. The molecular formula is C21H32N4O. The summed E-state index contributed by atoms with van der Waals surface area (Å²) in [5.74, 6) is 0.360. The highest BCUT2D eigenvalue weighted by molar-refractivity contribution is 5.76. The standard InChI is InChI=1S/C21H32N4O/c1-22-11-13-24(14-12-22)20-8-10-25(17-20)21(26)7-4-9-23-15-18-5-2-3-6-19(18)16-23/h2-3,5-6,20H,4,7-17H2,1H3. The normalized spacial score (nSPS) is 25.0. The fraction of sp³-hybridized carbons (Fsp3) is 0.667. The number of amides is 1. The van der Waals surface area contributed by atoms with E-state index >= 15 is 0 Å². The van der Waals surface area contributed by atoms with Crippen LogP contribution in [0, 0.1) is 0 Å². The van der Waals surface area contributed by atoms with Crippen LogP contribution in [0.3, 0.4) is 0 Å². The molecule has 2 fully saturated rings. The molecule has 1 amide bonds. The molecule has 0 bridgehead atoms. The Hall–Kier alpha value is -1.43. The van der Waals surface area contributed by atoms with Crippen LogP contribution >= 0.6 is 0 Å². The van der Waals surface area contributed by atoms with E-state index in [9.17, 15) is 4.79 Å². The monoisotopic (exact) mass is 356 g/mol. The van der Waals surface area contributed by atoms with Gasteiger partial charge in [0.25, 0.3) is 0 Å². The fourth-order valence-electron chi connectivity index (χ4n) is 4.63. The van der Waals surface area contributed by atoms with Crippen LogP contribution < -0.4 is 0 Å². The Morgan fingerprint density at radius 1 is 1.04 bits per heavy atom.